The molecule has 3 heterocycles. The van der Waals surface area contributed by atoms with Crippen molar-refractivity contribution in [3.05, 3.63) is 42.0 Å². The Morgan fingerprint density at radius 2 is 1.92 bits per heavy atom. The molecule has 0 aromatic carbocycles. The van der Waals surface area contributed by atoms with Crippen molar-refractivity contribution in [1.82, 2.24) is 14.3 Å². The van der Waals surface area contributed by atoms with E-state index in [0.29, 0.717) is 30.2 Å². The fourth-order valence-electron chi connectivity index (χ4n) is 2.94. The first kappa shape index (κ1) is 18.5. The molecule has 138 valence electrons. The maximum Gasteiger partial charge on any atom is 0.301 e. The molecule has 1 aliphatic rings. The zero-order valence-electron chi connectivity index (χ0n) is 14.9. The molecule has 8 heteroatoms. The number of nitrogens with zero attached hydrogens (tertiary/aromatic N) is 3. The average molecular weight is 374 g/mol. The molecule has 26 heavy (non-hydrogen) atoms. The van der Waals surface area contributed by atoms with Gasteiger partial charge in [-0.1, -0.05) is 0 Å². The molecule has 1 saturated heterocycles. The van der Waals surface area contributed by atoms with Gasteiger partial charge in [-0.05, 0) is 50.5 Å². The Balaban J connectivity index is 1.89. The van der Waals surface area contributed by atoms with E-state index >= 15 is 0 Å². The van der Waals surface area contributed by atoms with Gasteiger partial charge >= 0.3 is 10.2 Å². The maximum atomic E-state index is 12.5. The lowest BCUT2D eigenvalue weighted by Gasteiger charge is -2.18. The second kappa shape index (κ2) is 7.51. The molecular weight excluding hydrogens is 352 g/mol. The van der Waals surface area contributed by atoms with E-state index in [4.69, 9.17) is 0 Å². The van der Waals surface area contributed by atoms with Crippen molar-refractivity contribution < 1.29 is 13.2 Å². The Hall–Kier alpha value is -2.32. The minimum Gasteiger partial charge on any atom is -0.300 e. The fraction of sp³-hybridized carbons (Fsp3) is 0.389. The van der Waals surface area contributed by atoms with Crippen molar-refractivity contribution in [2.24, 2.45) is 0 Å². The van der Waals surface area contributed by atoms with Crippen LogP contribution < -0.4 is 4.72 Å². The Morgan fingerprint density at radius 3 is 2.62 bits per heavy atom. The smallest absolute Gasteiger partial charge is 0.300 e. The van der Waals surface area contributed by atoms with Crippen LogP contribution in [0.25, 0.3) is 11.1 Å². The van der Waals surface area contributed by atoms with Crippen LogP contribution in [-0.2, 0) is 21.4 Å². The number of hydrogen-bond donors (Lipinski definition) is 1. The summed E-state index contributed by atoms with van der Waals surface area (Å²) in [6.45, 7) is 4.37. The van der Waals surface area contributed by atoms with E-state index in [-0.39, 0.29) is 12.2 Å². The van der Waals surface area contributed by atoms with Crippen LogP contribution in [0.3, 0.4) is 0 Å². The van der Waals surface area contributed by atoms with Gasteiger partial charge in [0.1, 0.15) is 5.78 Å². The minimum absolute atomic E-state index is 0.0377. The van der Waals surface area contributed by atoms with Gasteiger partial charge in [0.2, 0.25) is 0 Å². The van der Waals surface area contributed by atoms with Crippen LogP contribution in [-0.4, -0.2) is 41.6 Å². The van der Waals surface area contributed by atoms with Gasteiger partial charge in [0, 0.05) is 43.2 Å². The van der Waals surface area contributed by atoms with Gasteiger partial charge in [-0.3, -0.25) is 19.5 Å². The molecule has 0 radical (unpaired) electrons. The predicted molar refractivity (Wildman–Crippen MR) is 99.9 cm³/mol. The molecule has 3 rings (SSSR count). The molecule has 0 atom stereocenters. The largest absolute Gasteiger partial charge is 0.301 e. The molecular formula is C18H22N4O3S. The number of carbonyl (C=O) groups excluding carboxylic acids is 1. The van der Waals surface area contributed by atoms with Crippen LogP contribution in [0.2, 0.25) is 0 Å². The Bertz CT molecular complexity index is 922. The summed E-state index contributed by atoms with van der Waals surface area (Å²) < 4.78 is 29.1. The summed E-state index contributed by atoms with van der Waals surface area (Å²) in [6.07, 6.45) is 5.36. The van der Waals surface area contributed by atoms with Crippen LogP contribution >= 0.6 is 0 Å². The zero-order valence-corrected chi connectivity index (χ0v) is 15.7. The maximum absolute atomic E-state index is 12.5. The summed E-state index contributed by atoms with van der Waals surface area (Å²) in [5, 5.41) is 0. The highest BCUT2D eigenvalue weighted by atomic mass is 32.2. The zero-order chi connectivity index (χ0) is 18.7. The lowest BCUT2D eigenvalue weighted by Crippen LogP contribution is -2.33. The summed E-state index contributed by atoms with van der Waals surface area (Å²) in [6, 6.07) is 5.41. The lowest BCUT2D eigenvalue weighted by atomic mass is 10.1. The molecule has 2 aromatic rings. The van der Waals surface area contributed by atoms with Crippen molar-refractivity contribution in [1.29, 1.82) is 0 Å². The second-order valence-corrected chi connectivity index (χ2v) is 8.16. The fourth-order valence-corrected chi connectivity index (χ4v) is 4.29. The Morgan fingerprint density at radius 1 is 1.19 bits per heavy atom. The molecule has 0 amide bonds. The molecule has 0 saturated carbocycles. The topological polar surface area (TPSA) is 92.3 Å². The van der Waals surface area contributed by atoms with E-state index in [1.54, 1.807) is 25.4 Å². The van der Waals surface area contributed by atoms with Gasteiger partial charge in [0.25, 0.3) is 0 Å². The van der Waals surface area contributed by atoms with E-state index in [0.717, 1.165) is 24.0 Å². The number of ketones is 1. The summed E-state index contributed by atoms with van der Waals surface area (Å²) in [7, 11) is -3.57. The quantitative estimate of drug-likeness (QED) is 0.838. The predicted octanol–water partition coefficient (Wildman–Crippen LogP) is 2.34. The molecule has 1 N–H and O–H groups in total. The van der Waals surface area contributed by atoms with Gasteiger partial charge in [0.15, 0.2) is 0 Å². The number of rotatable bonds is 6. The number of aryl methyl sites for hydroxylation is 1. The van der Waals surface area contributed by atoms with Gasteiger partial charge in [0.05, 0.1) is 11.4 Å². The van der Waals surface area contributed by atoms with Crippen LogP contribution in [0.4, 0.5) is 5.69 Å². The first-order valence-electron chi connectivity index (χ1n) is 8.54. The van der Waals surface area contributed by atoms with Crippen LogP contribution in [0, 0.1) is 6.92 Å². The van der Waals surface area contributed by atoms with E-state index < -0.39 is 10.2 Å². The Kier molecular flexibility index (Phi) is 5.33. The number of anilines is 1. The average Bonchev–Trinajstić information content (AvgIpc) is 3.12. The number of nitrogens with one attached hydrogen (secondary N) is 1. The molecule has 2 aromatic heterocycles. The third-order valence-electron chi connectivity index (χ3n) is 4.31. The highest BCUT2D eigenvalue weighted by Crippen LogP contribution is 2.26. The van der Waals surface area contributed by atoms with E-state index in [2.05, 4.69) is 14.7 Å². The molecule has 1 aliphatic heterocycles. The molecule has 7 nitrogen and oxygen atoms in total. The second-order valence-electron chi connectivity index (χ2n) is 6.48. The molecule has 0 aliphatic carbocycles. The number of carbonyl (C=O) groups is 1. The minimum atomic E-state index is -3.57. The van der Waals surface area contributed by atoms with E-state index in [9.17, 15) is 13.2 Å². The standard InChI is InChI=1S/C18H22N4O3S/c1-13(23)9-17-10-15(5-6-19-17)16-11-18(14(2)20-12-16)21-26(24,25)22-7-3-4-8-22/h5-6,10-12,21H,3-4,7-9H2,1-2H3. The normalized spacial score (nSPS) is 15.2. The Labute approximate surface area is 153 Å². The summed E-state index contributed by atoms with van der Waals surface area (Å²) in [5.41, 5.74) is 3.34. The van der Waals surface area contributed by atoms with Crippen molar-refractivity contribution in [3.8, 4) is 11.1 Å². The van der Waals surface area contributed by atoms with E-state index in [1.807, 2.05) is 12.1 Å². The van der Waals surface area contributed by atoms with Crippen molar-refractivity contribution >= 4 is 21.7 Å². The van der Waals surface area contributed by atoms with Crippen LogP contribution in [0.5, 0.6) is 0 Å². The molecule has 0 spiro atoms. The highest BCUT2D eigenvalue weighted by Gasteiger charge is 2.25. The number of pyridine rings is 2. The third-order valence-corrected chi connectivity index (χ3v) is 5.83. The van der Waals surface area contributed by atoms with Crippen molar-refractivity contribution in [2.75, 3.05) is 17.8 Å². The van der Waals surface area contributed by atoms with Crippen molar-refractivity contribution in [3.63, 3.8) is 0 Å². The van der Waals surface area contributed by atoms with Crippen LogP contribution in [0.1, 0.15) is 31.2 Å². The van der Waals surface area contributed by atoms with Gasteiger partial charge < -0.3 is 0 Å². The van der Waals surface area contributed by atoms with Gasteiger partial charge in [-0.25, -0.2) is 0 Å². The third kappa shape index (κ3) is 4.25. The molecule has 1 fully saturated rings. The van der Waals surface area contributed by atoms with Crippen molar-refractivity contribution in [2.45, 2.75) is 33.1 Å². The first-order valence-corrected chi connectivity index (χ1v) is 9.98. The monoisotopic (exact) mass is 374 g/mol. The highest BCUT2D eigenvalue weighted by molar-refractivity contribution is 7.90. The van der Waals surface area contributed by atoms with Gasteiger partial charge in [-0.2, -0.15) is 12.7 Å². The number of aromatic nitrogens is 2. The SMILES string of the molecule is CC(=O)Cc1cc(-c2cnc(C)c(NS(=O)(=O)N3CCCC3)c2)ccn1. The summed E-state index contributed by atoms with van der Waals surface area (Å²) >= 11 is 0. The van der Waals surface area contributed by atoms with Gasteiger partial charge in [-0.15, -0.1) is 0 Å². The number of hydrogen-bond acceptors (Lipinski definition) is 5. The summed E-state index contributed by atoms with van der Waals surface area (Å²) in [4.78, 5) is 19.8. The van der Waals surface area contributed by atoms with Crippen LogP contribution in [0.15, 0.2) is 30.6 Å². The number of Topliss-reactive ketones (excluding diaryl/α,β-unsaturated/α-hetero) is 1. The molecule has 0 bridgehead atoms. The molecule has 0 unspecified atom stereocenters. The first-order chi connectivity index (χ1) is 12.3. The lowest BCUT2D eigenvalue weighted by molar-refractivity contribution is -0.116. The summed E-state index contributed by atoms with van der Waals surface area (Å²) in [5.74, 6) is 0.0377. The van der Waals surface area contributed by atoms with E-state index in [1.165, 1.54) is 11.2 Å².